The predicted octanol–water partition coefficient (Wildman–Crippen LogP) is 2.40. The van der Waals surface area contributed by atoms with E-state index >= 15 is 0 Å². The Balaban J connectivity index is 1.92. The zero-order valence-corrected chi connectivity index (χ0v) is 13.4. The van der Waals surface area contributed by atoms with Gasteiger partial charge in [0.1, 0.15) is 5.82 Å². The maximum absolute atomic E-state index is 13.3. The molecule has 122 valence electrons. The van der Waals surface area contributed by atoms with Gasteiger partial charge in [0.2, 0.25) is 10.0 Å². The van der Waals surface area contributed by atoms with Gasteiger partial charge in [-0.25, -0.2) is 12.8 Å². The number of hydrogen-bond donors (Lipinski definition) is 0. The van der Waals surface area contributed by atoms with Crippen LogP contribution in [0.2, 0.25) is 5.02 Å². The van der Waals surface area contributed by atoms with Gasteiger partial charge >= 0.3 is 0 Å². The number of piperidine rings is 1. The van der Waals surface area contributed by atoms with Crippen LogP contribution in [-0.2, 0) is 19.5 Å². The van der Waals surface area contributed by atoms with E-state index in [0.717, 1.165) is 25.0 Å². The van der Waals surface area contributed by atoms with Gasteiger partial charge in [-0.05, 0) is 31.0 Å². The Morgan fingerprint density at radius 3 is 2.64 bits per heavy atom. The van der Waals surface area contributed by atoms with Crippen LogP contribution in [0.1, 0.15) is 19.3 Å². The third-order valence-corrected chi connectivity index (χ3v) is 6.17. The second-order valence-electron chi connectivity index (χ2n) is 5.36. The van der Waals surface area contributed by atoms with Gasteiger partial charge in [-0.1, -0.05) is 18.0 Å². The summed E-state index contributed by atoms with van der Waals surface area (Å²) in [4.78, 5) is -0.0104. The number of sulfonamides is 1. The van der Waals surface area contributed by atoms with E-state index in [1.165, 1.54) is 10.4 Å². The molecule has 1 atom stereocenters. The number of hydrogen-bond acceptors (Lipinski definition) is 4. The van der Waals surface area contributed by atoms with Gasteiger partial charge in [-0.3, -0.25) is 0 Å². The molecule has 0 aromatic heterocycles. The lowest BCUT2D eigenvalue weighted by atomic mass is 10.0. The van der Waals surface area contributed by atoms with Crippen LogP contribution in [0, 0.1) is 5.82 Å². The van der Waals surface area contributed by atoms with Crippen LogP contribution < -0.4 is 0 Å². The molecule has 3 rings (SSSR count). The number of benzene rings is 1. The maximum atomic E-state index is 13.3. The van der Waals surface area contributed by atoms with Crippen LogP contribution in [-0.4, -0.2) is 44.8 Å². The molecule has 8 heteroatoms. The largest absolute Gasteiger partial charge is 0.349 e. The molecular weight excluding hydrogens is 333 g/mol. The molecule has 1 aromatic rings. The van der Waals surface area contributed by atoms with E-state index in [9.17, 15) is 12.8 Å². The highest BCUT2D eigenvalue weighted by Crippen LogP contribution is 2.31. The molecule has 0 spiro atoms. The van der Waals surface area contributed by atoms with Crippen molar-refractivity contribution in [3.63, 3.8) is 0 Å². The van der Waals surface area contributed by atoms with E-state index < -0.39 is 22.1 Å². The van der Waals surface area contributed by atoms with Crippen molar-refractivity contribution in [1.82, 2.24) is 4.31 Å². The molecule has 0 radical (unpaired) electrons. The van der Waals surface area contributed by atoms with E-state index in [2.05, 4.69) is 0 Å². The van der Waals surface area contributed by atoms with Gasteiger partial charge in [0.15, 0.2) is 6.29 Å². The topological polar surface area (TPSA) is 55.8 Å². The van der Waals surface area contributed by atoms with Gasteiger partial charge in [0, 0.05) is 6.54 Å². The molecule has 2 heterocycles. The Morgan fingerprint density at radius 2 is 1.95 bits per heavy atom. The van der Waals surface area contributed by atoms with Crippen LogP contribution >= 0.6 is 11.6 Å². The zero-order chi connectivity index (χ0) is 15.7. The summed E-state index contributed by atoms with van der Waals surface area (Å²) in [6.45, 7) is 1.33. The van der Waals surface area contributed by atoms with E-state index in [-0.39, 0.29) is 16.0 Å². The molecule has 0 bridgehead atoms. The minimum atomic E-state index is -3.77. The Kier molecular flexibility index (Phi) is 4.70. The quantitative estimate of drug-likeness (QED) is 0.840. The van der Waals surface area contributed by atoms with Gasteiger partial charge in [-0.2, -0.15) is 4.31 Å². The molecule has 0 amide bonds. The number of ether oxygens (including phenoxy) is 2. The number of halogens is 2. The lowest BCUT2D eigenvalue weighted by Gasteiger charge is -2.36. The lowest BCUT2D eigenvalue weighted by molar-refractivity contribution is -0.0913. The minimum Gasteiger partial charge on any atom is -0.349 e. The normalized spacial score (nSPS) is 24.7. The highest BCUT2D eigenvalue weighted by atomic mass is 35.5. The highest BCUT2D eigenvalue weighted by molar-refractivity contribution is 7.89. The molecule has 0 saturated carbocycles. The molecule has 5 nitrogen and oxygen atoms in total. The standard InChI is InChI=1S/C14H17ClFNO4S/c15-11-9-10(4-5-12(11)16)22(18,19)17-6-2-1-3-13(17)14-20-7-8-21-14/h4-5,9,13-14H,1-3,6-8H2. The summed E-state index contributed by atoms with van der Waals surface area (Å²) >= 11 is 5.71. The molecule has 2 aliphatic rings. The fraction of sp³-hybridized carbons (Fsp3) is 0.571. The SMILES string of the molecule is O=S(=O)(c1ccc(F)c(Cl)c1)N1CCCCC1C1OCCO1. The first kappa shape index (κ1) is 16.1. The molecule has 2 fully saturated rings. The summed E-state index contributed by atoms with van der Waals surface area (Å²) in [6.07, 6.45) is 1.84. The second kappa shape index (κ2) is 6.41. The average molecular weight is 350 g/mol. The fourth-order valence-corrected chi connectivity index (χ4v) is 4.83. The van der Waals surface area contributed by atoms with Crippen molar-refractivity contribution >= 4 is 21.6 Å². The number of nitrogens with zero attached hydrogens (tertiary/aromatic N) is 1. The van der Waals surface area contributed by atoms with E-state index in [1.807, 2.05) is 0 Å². The van der Waals surface area contributed by atoms with E-state index in [1.54, 1.807) is 0 Å². The van der Waals surface area contributed by atoms with Crippen LogP contribution in [0.25, 0.3) is 0 Å². The highest BCUT2D eigenvalue weighted by Gasteiger charge is 2.40. The third-order valence-electron chi connectivity index (χ3n) is 3.96. The zero-order valence-electron chi connectivity index (χ0n) is 11.9. The molecule has 1 unspecified atom stereocenters. The number of rotatable bonds is 3. The van der Waals surface area contributed by atoms with Crippen molar-refractivity contribution in [1.29, 1.82) is 0 Å². The summed E-state index contributed by atoms with van der Waals surface area (Å²) in [5, 5.41) is -0.206. The van der Waals surface area contributed by atoms with Gasteiger partial charge in [-0.15, -0.1) is 0 Å². The van der Waals surface area contributed by atoms with Crippen molar-refractivity contribution in [3.8, 4) is 0 Å². The van der Waals surface area contributed by atoms with E-state index in [0.29, 0.717) is 26.2 Å². The van der Waals surface area contributed by atoms with Crippen molar-refractivity contribution in [3.05, 3.63) is 29.0 Å². The molecule has 22 heavy (non-hydrogen) atoms. The monoisotopic (exact) mass is 349 g/mol. The van der Waals surface area contributed by atoms with Crippen molar-refractivity contribution in [2.75, 3.05) is 19.8 Å². The average Bonchev–Trinajstić information content (AvgIpc) is 3.04. The lowest BCUT2D eigenvalue weighted by Crippen LogP contribution is -2.50. The first-order valence-electron chi connectivity index (χ1n) is 7.20. The molecule has 1 aromatic carbocycles. The third kappa shape index (κ3) is 3.00. The van der Waals surface area contributed by atoms with Crippen LogP contribution in [0.3, 0.4) is 0 Å². The Labute approximate surface area is 134 Å². The predicted molar refractivity (Wildman–Crippen MR) is 78.6 cm³/mol. The summed E-state index contributed by atoms with van der Waals surface area (Å²) in [7, 11) is -3.77. The molecule has 2 aliphatic heterocycles. The smallest absolute Gasteiger partial charge is 0.243 e. The van der Waals surface area contributed by atoms with Gasteiger partial charge in [0.05, 0.1) is 29.2 Å². The maximum Gasteiger partial charge on any atom is 0.243 e. The summed E-state index contributed by atoms with van der Waals surface area (Å²) < 4.78 is 51.3. The first-order valence-corrected chi connectivity index (χ1v) is 9.02. The summed E-state index contributed by atoms with van der Waals surface area (Å²) in [6, 6.07) is 3.09. The second-order valence-corrected chi connectivity index (χ2v) is 7.66. The first-order chi connectivity index (χ1) is 10.5. The summed E-state index contributed by atoms with van der Waals surface area (Å²) in [5.41, 5.74) is 0. The summed E-state index contributed by atoms with van der Waals surface area (Å²) in [5.74, 6) is -0.640. The Bertz CT molecular complexity index is 648. The van der Waals surface area contributed by atoms with Crippen LogP contribution in [0.15, 0.2) is 23.1 Å². The van der Waals surface area contributed by atoms with E-state index in [4.69, 9.17) is 21.1 Å². The Morgan fingerprint density at radius 1 is 1.23 bits per heavy atom. The van der Waals surface area contributed by atoms with Gasteiger partial charge < -0.3 is 9.47 Å². The van der Waals surface area contributed by atoms with Crippen LogP contribution in [0.4, 0.5) is 4.39 Å². The molecular formula is C14H17ClFNO4S. The minimum absolute atomic E-state index is 0.0104. The van der Waals surface area contributed by atoms with Gasteiger partial charge in [0.25, 0.3) is 0 Å². The molecule has 0 N–H and O–H groups in total. The molecule has 2 saturated heterocycles. The Hall–Kier alpha value is -0.730. The molecule has 0 aliphatic carbocycles. The van der Waals surface area contributed by atoms with Crippen molar-refractivity contribution in [2.45, 2.75) is 36.5 Å². The van der Waals surface area contributed by atoms with Crippen molar-refractivity contribution < 1.29 is 22.3 Å². The fourth-order valence-electron chi connectivity index (χ4n) is 2.87. The van der Waals surface area contributed by atoms with Crippen molar-refractivity contribution in [2.24, 2.45) is 0 Å². The van der Waals surface area contributed by atoms with Crippen LogP contribution in [0.5, 0.6) is 0 Å².